The molecule has 1 saturated heterocycles. The van der Waals surface area contributed by atoms with Gasteiger partial charge >= 0.3 is 0 Å². The average molecular weight is 458 g/mol. The van der Waals surface area contributed by atoms with Gasteiger partial charge in [0.1, 0.15) is 11.1 Å². The average Bonchev–Trinajstić information content (AvgIpc) is 3.09. The van der Waals surface area contributed by atoms with E-state index < -0.39 is 0 Å². The molecule has 1 aliphatic heterocycles. The number of nitrogens with zero attached hydrogens (tertiary/aromatic N) is 3. The number of hydrogen-bond acceptors (Lipinski definition) is 3. The molecule has 0 saturated carbocycles. The predicted molar refractivity (Wildman–Crippen MR) is 117 cm³/mol. The van der Waals surface area contributed by atoms with E-state index in [-0.39, 0.29) is 22.1 Å². The Kier molecular flexibility index (Phi) is 4.97. The van der Waals surface area contributed by atoms with E-state index in [9.17, 15) is 9.59 Å². The molecule has 0 spiro atoms. The monoisotopic (exact) mass is 457 g/mol. The summed E-state index contributed by atoms with van der Waals surface area (Å²) in [6.45, 7) is 3.78. The van der Waals surface area contributed by atoms with Crippen LogP contribution in [0.15, 0.2) is 63.9 Å². The smallest absolute Gasteiger partial charge is 0.288 e. The summed E-state index contributed by atoms with van der Waals surface area (Å²) in [5.41, 5.74) is 2.80. The molecule has 2 aromatic carbocycles. The van der Waals surface area contributed by atoms with Crippen LogP contribution >= 0.6 is 27.7 Å². The van der Waals surface area contributed by atoms with Crippen LogP contribution in [0.2, 0.25) is 0 Å². The lowest BCUT2D eigenvalue weighted by atomic mass is 10.2. The minimum absolute atomic E-state index is 0.0380. The highest BCUT2D eigenvalue weighted by Gasteiger charge is 2.42. The summed E-state index contributed by atoms with van der Waals surface area (Å²) in [5, 5.41) is -0.438. The molecule has 1 aromatic heterocycles. The van der Waals surface area contributed by atoms with Gasteiger partial charge in [0.15, 0.2) is 0 Å². The lowest BCUT2D eigenvalue weighted by molar-refractivity contribution is -0.117. The summed E-state index contributed by atoms with van der Waals surface area (Å²) >= 11 is 5.02. The van der Waals surface area contributed by atoms with E-state index in [2.05, 4.69) is 15.9 Å². The summed E-state index contributed by atoms with van der Waals surface area (Å²) in [7, 11) is 1.85. The maximum Gasteiger partial charge on any atom is 0.295 e. The van der Waals surface area contributed by atoms with Gasteiger partial charge in [0.05, 0.1) is 16.6 Å². The second kappa shape index (κ2) is 7.29. The third kappa shape index (κ3) is 3.02. The number of anilines is 1. The number of amides is 1. The van der Waals surface area contributed by atoms with Gasteiger partial charge in [0, 0.05) is 11.5 Å². The highest BCUT2D eigenvalue weighted by Crippen LogP contribution is 2.45. The largest absolute Gasteiger partial charge is 0.295 e. The maximum absolute atomic E-state index is 13.4. The first kappa shape index (κ1) is 19.1. The van der Waals surface area contributed by atoms with Crippen molar-refractivity contribution in [3.63, 3.8) is 0 Å². The van der Waals surface area contributed by atoms with Crippen molar-refractivity contribution in [1.29, 1.82) is 0 Å². The first-order valence-electron chi connectivity index (χ1n) is 8.98. The Balaban J connectivity index is 1.88. The van der Waals surface area contributed by atoms with E-state index in [1.807, 2.05) is 80.2 Å². The lowest BCUT2D eigenvalue weighted by Gasteiger charge is -2.23. The quantitative estimate of drug-likeness (QED) is 0.584. The van der Waals surface area contributed by atoms with E-state index >= 15 is 0 Å². The number of halogens is 1. The molecule has 2 atom stereocenters. The van der Waals surface area contributed by atoms with Crippen molar-refractivity contribution in [3.05, 3.63) is 80.7 Å². The fraction of sp³-hybridized carbons (Fsp3) is 0.238. The van der Waals surface area contributed by atoms with Crippen molar-refractivity contribution in [1.82, 2.24) is 9.36 Å². The van der Waals surface area contributed by atoms with Crippen LogP contribution < -0.4 is 10.5 Å². The highest BCUT2D eigenvalue weighted by atomic mass is 79.9. The van der Waals surface area contributed by atoms with Gasteiger partial charge in [-0.05, 0) is 43.7 Å². The molecule has 3 aromatic rings. The van der Waals surface area contributed by atoms with Crippen LogP contribution in [0.3, 0.4) is 0 Å². The Hall–Kier alpha value is -2.25. The third-order valence-electron chi connectivity index (χ3n) is 5.07. The number of carbonyl (C=O) groups excluding carboxylic acids is 1. The normalized spacial score (nSPS) is 19.4. The molecule has 28 heavy (non-hydrogen) atoms. The lowest BCUT2D eigenvalue weighted by Crippen LogP contribution is -2.34. The first-order chi connectivity index (χ1) is 13.4. The van der Waals surface area contributed by atoms with Crippen molar-refractivity contribution in [2.45, 2.75) is 24.5 Å². The first-order valence-corrected chi connectivity index (χ1v) is 10.7. The van der Waals surface area contributed by atoms with Gasteiger partial charge in [0.2, 0.25) is 5.91 Å². The molecule has 2 unspecified atom stereocenters. The summed E-state index contributed by atoms with van der Waals surface area (Å²) in [4.78, 5) is 28.1. The Labute approximate surface area is 176 Å². The number of para-hydroxylation sites is 1. The summed E-state index contributed by atoms with van der Waals surface area (Å²) in [5.74, 6) is -0.0380. The van der Waals surface area contributed by atoms with Crippen molar-refractivity contribution in [3.8, 4) is 5.69 Å². The molecular formula is C21H20BrN3O2S. The maximum atomic E-state index is 13.4. The Morgan fingerprint density at radius 1 is 1.00 bits per heavy atom. The molecule has 7 heteroatoms. The van der Waals surface area contributed by atoms with Gasteiger partial charge in [0.25, 0.3) is 5.56 Å². The van der Waals surface area contributed by atoms with E-state index in [1.165, 1.54) is 0 Å². The molecule has 4 rings (SSSR count). The molecule has 0 N–H and O–H groups in total. The minimum Gasteiger partial charge on any atom is -0.288 e. The van der Waals surface area contributed by atoms with Gasteiger partial charge in [-0.1, -0.05) is 46.3 Å². The van der Waals surface area contributed by atoms with E-state index in [1.54, 1.807) is 21.3 Å². The summed E-state index contributed by atoms with van der Waals surface area (Å²) < 4.78 is 4.41. The molecule has 1 amide bonds. The van der Waals surface area contributed by atoms with Crippen molar-refractivity contribution >= 4 is 39.3 Å². The fourth-order valence-corrected chi connectivity index (χ4v) is 5.06. The number of hydrogen-bond donors (Lipinski definition) is 0. The molecule has 1 fully saturated rings. The predicted octanol–water partition coefficient (Wildman–Crippen LogP) is 4.41. The molecule has 0 bridgehead atoms. The molecular weight excluding hydrogens is 438 g/mol. The highest BCUT2D eigenvalue weighted by molar-refractivity contribution is 9.10. The zero-order chi connectivity index (χ0) is 20.0. The van der Waals surface area contributed by atoms with E-state index in [4.69, 9.17) is 0 Å². The molecule has 1 aliphatic rings. The Morgan fingerprint density at radius 2 is 1.64 bits per heavy atom. The van der Waals surface area contributed by atoms with Gasteiger partial charge in [-0.2, -0.15) is 0 Å². The van der Waals surface area contributed by atoms with Crippen LogP contribution in [0.5, 0.6) is 0 Å². The van der Waals surface area contributed by atoms with Crippen molar-refractivity contribution in [2.24, 2.45) is 7.05 Å². The van der Waals surface area contributed by atoms with E-state index in [0.717, 1.165) is 21.4 Å². The van der Waals surface area contributed by atoms with Gasteiger partial charge in [-0.25, -0.2) is 4.68 Å². The topological polar surface area (TPSA) is 47.2 Å². The molecule has 144 valence electrons. The standard InChI is InChI=1S/C21H20BrN3O2S/c1-13-18(20(27)25(23(13)3)17-7-5-4-6-8-17)24-19(26)14(2)28-21(24)15-9-11-16(22)12-10-15/h4-12,14,21H,1-3H3. The van der Waals surface area contributed by atoms with Crippen molar-refractivity contribution < 1.29 is 4.79 Å². The fourth-order valence-electron chi connectivity index (χ4n) is 3.54. The molecule has 2 heterocycles. The summed E-state index contributed by atoms with van der Waals surface area (Å²) in [6, 6.07) is 17.4. The minimum atomic E-state index is -0.228. The summed E-state index contributed by atoms with van der Waals surface area (Å²) in [6.07, 6.45) is 0. The number of carbonyl (C=O) groups is 1. The zero-order valence-corrected chi connectivity index (χ0v) is 18.2. The van der Waals surface area contributed by atoms with Gasteiger partial charge < -0.3 is 0 Å². The second-order valence-corrected chi connectivity index (χ2v) is 9.14. The molecule has 5 nitrogen and oxygen atoms in total. The molecule has 0 radical (unpaired) electrons. The number of aromatic nitrogens is 2. The second-order valence-electron chi connectivity index (χ2n) is 6.80. The van der Waals surface area contributed by atoms with Gasteiger partial charge in [-0.3, -0.25) is 19.2 Å². The molecule has 0 aliphatic carbocycles. The Bertz CT molecular complexity index is 1090. The van der Waals surface area contributed by atoms with Crippen LogP contribution in [-0.2, 0) is 11.8 Å². The van der Waals surface area contributed by atoms with Crippen LogP contribution in [0.1, 0.15) is 23.6 Å². The number of benzene rings is 2. The number of thioether (sulfide) groups is 1. The SMILES string of the molecule is Cc1c(N2C(=O)C(C)SC2c2ccc(Br)cc2)c(=O)n(-c2ccccc2)n1C. The van der Waals surface area contributed by atoms with Crippen LogP contribution in [0, 0.1) is 6.92 Å². The Morgan fingerprint density at radius 3 is 2.29 bits per heavy atom. The third-order valence-corrected chi connectivity index (χ3v) is 6.95. The number of rotatable bonds is 3. The van der Waals surface area contributed by atoms with Crippen molar-refractivity contribution in [2.75, 3.05) is 4.90 Å². The van der Waals surface area contributed by atoms with Crippen LogP contribution in [0.25, 0.3) is 5.69 Å². The zero-order valence-electron chi connectivity index (χ0n) is 15.8. The van der Waals surface area contributed by atoms with Gasteiger partial charge in [-0.15, -0.1) is 11.8 Å². The van der Waals surface area contributed by atoms with Crippen LogP contribution in [-0.4, -0.2) is 20.5 Å². The van der Waals surface area contributed by atoms with Crippen LogP contribution in [0.4, 0.5) is 5.69 Å². The van der Waals surface area contributed by atoms with E-state index in [0.29, 0.717) is 5.69 Å².